The Morgan fingerprint density at radius 3 is 2.93 bits per heavy atom. The van der Waals surface area contributed by atoms with Crippen LogP contribution in [0.2, 0.25) is 0 Å². The maximum Gasteiger partial charge on any atom is 0.173 e. The molecular weight excluding hydrogens is 282 g/mol. The molecule has 1 aliphatic rings. The van der Waals surface area contributed by atoms with E-state index in [9.17, 15) is 8.42 Å². The smallest absolute Gasteiger partial charge is 0.173 e. The van der Waals surface area contributed by atoms with E-state index < -0.39 is 9.84 Å². The Bertz CT molecular complexity index is 500. The van der Waals surface area contributed by atoms with Crippen LogP contribution >= 0.6 is 15.9 Å². The fraction of sp³-hybridized carbons (Fsp3) is 0.250. The SMILES string of the molecule is O=S1(=O)C=CC(Nc2ncncc2Br)C1. The van der Waals surface area contributed by atoms with Crippen molar-refractivity contribution in [2.24, 2.45) is 0 Å². The van der Waals surface area contributed by atoms with Crippen LogP contribution in [0.3, 0.4) is 0 Å². The summed E-state index contributed by atoms with van der Waals surface area (Å²) in [5.74, 6) is 0.667. The van der Waals surface area contributed by atoms with Crippen LogP contribution in [0.25, 0.3) is 0 Å². The number of aromatic nitrogens is 2. The molecule has 0 amide bonds. The summed E-state index contributed by atoms with van der Waals surface area (Å²) in [7, 11) is -3.03. The fourth-order valence-corrected chi connectivity index (χ4v) is 2.83. The quantitative estimate of drug-likeness (QED) is 0.878. The number of hydrogen-bond acceptors (Lipinski definition) is 5. The standard InChI is InChI=1S/C8H8BrN3O2S/c9-7-3-10-5-11-8(7)12-6-1-2-15(13,14)4-6/h1-3,5-6H,4H2,(H,10,11,12). The number of anilines is 1. The molecule has 0 fully saturated rings. The molecule has 2 rings (SSSR count). The first-order valence-electron chi connectivity index (χ1n) is 4.20. The molecule has 2 heterocycles. The lowest BCUT2D eigenvalue weighted by Gasteiger charge is -2.10. The topological polar surface area (TPSA) is 72.0 Å². The van der Waals surface area contributed by atoms with Gasteiger partial charge in [-0.1, -0.05) is 0 Å². The second-order valence-electron chi connectivity index (χ2n) is 3.13. The van der Waals surface area contributed by atoms with Crippen molar-refractivity contribution in [3.05, 3.63) is 28.5 Å². The van der Waals surface area contributed by atoms with Gasteiger partial charge in [-0.15, -0.1) is 0 Å². The highest BCUT2D eigenvalue weighted by Crippen LogP contribution is 2.20. The van der Waals surface area contributed by atoms with Crippen LogP contribution < -0.4 is 5.32 Å². The molecule has 7 heteroatoms. The molecule has 0 saturated heterocycles. The van der Waals surface area contributed by atoms with Gasteiger partial charge in [0.1, 0.15) is 12.1 Å². The van der Waals surface area contributed by atoms with Gasteiger partial charge in [0.2, 0.25) is 0 Å². The molecule has 0 aliphatic carbocycles. The number of halogens is 1. The van der Waals surface area contributed by atoms with E-state index in [2.05, 4.69) is 31.2 Å². The number of hydrogen-bond donors (Lipinski definition) is 1. The second-order valence-corrected chi connectivity index (χ2v) is 5.91. The van der Waals surface area contributed by atoms with Gasteiger partial charge in [-0.25, -0.2) is 18.4 Å². The normalized spacial score (nSPS) is 22.9. The molecule has 1 atom stereocenters. The number of rotatable bonds is 2. The molecule has 1 N–H and O–H groups in total. The minimum Gasteiger partial charge on any atom is -0.362 e. The van der Waals surface area contributed by atoms with Gasteiger partial charge in [0.15, 0.2) is 9.84 Å². The first-order valence-corrected chi connectivity index (χ1v) is 6.71. The van der Waals surface area contributed by atoms with E-state index in [-0.39, 0.29) is 11.8 Å². The molecular formula is C8H8BrN3O2S. The van der Waals surface area contributed by atoms with Crippen LogP contribution in [0.15, 0.2) is 28.5 Å². The highest BCUT2D eigenvalue weighted by atomic mass is 79.9. The van der Waals surface area contributed by atoms with Crippen molar-refractivity contribution in [3.8, 4) is 0 Å². The lowest BCUT2D eigenvalue weighted by Crippen LogP contribution is -2.21. The molecule has 1 aliphatic heterocycles. The van der Waals surface area contributed by atoms with Crippen LogP contribution in [-0.2, 0) is 9.84 Å². The Morgan fingerprint density at radius 2 is 2.33 bits per heavy atom. The van der Waals surface area contributed by atoms with Crippen LogP contribution in [0.1, 0.15) is 0 Å². The van der Waals surface area contributed by atoms with Gasteiger partial charge in [-0.05, 0) is 22.0 Å². The largest absolute Gasteiger partial charge is 0.362 e. The van der Waals surface area contributed by atoms with E-state index in [0.717, 1.165) is 0 Å². The fourth-order valence-electron chi connectivity index (χ4n) is 1.26. The highest BCUT2D eigenvalue weighted by molar-refractivity contribution is 9.10. The summed E-state index contributed by atoms with van der Waals surface area (Å²) in [4.78, 5) is 7.81. The lowest BCUT2D eigenvalue weighted by atomic mass is 10.3. The van der Waals surface area contributed by atoms with E-state index in [0.29, 0.717) is 10.3 Å². The van der Waals surface area contributed by atoms with Crippen LogP contribution in [0.4, 0.5) is 5.82 Å². The molecule has 0 bridgehead atoms. The van der Waals surface area contributed by atoms with E-state index >= 15 is 0 Å². The van der Waals surface area contributed by atoms with Crippen LogP contribution in [0, 0.1) is 0 Å². The number of sulfone groups is 1. The Kier molecular flexibility index (Phi) is 2.74. The summed E-state index contributed by atoms with van der Waals surface area (Å²) in [6, 6.07) is -0.221. The zero-order valence-electron chi connectivity index (χ0n) is 7.59. The van der Waals surface area contributed by atoms with Gasteiger partial charge in [0.25, 0.3) is 0 Å². The predicted octanol–water partition coefficient (Wildman–Crippen LogP) is 0.962. The Labute approximate surface area is 95.7 Å². The van der Waals surface area contributed by atoms with Crippen molar-refractivity contribution in [1.29, 1.82) is 0 Å². The first kappa shape index (κ1) is 10.6. The summed E-state index contributed by atoms with van der Waals surface area (Å²) >= 11 is 3.27. The van der Waals surface area contributed by atoms with Crippen molar-refractivity contribution in [3.63, 3.8) is 0 Å². The van der Waals surface area contributed by atoms with Gasteiger partial charge >= 0.3 is 0 Å². The van der Waals surface area contributed by atoms with Gasteiger partial charge in [0.05, 0.1) is 16.3 Å². The third kappa shape index (κ3) is 2.54. The van der Waals surface area contributed by atoms with E-state index in [4.69, 9.17) is 0 Å². The molecule has 5 nitrogen and oxygen atoms in total. The predicted molar refractivity (Wildman–Crippen MR) is 60.1 cm³/mol. The van der Waals surface area contributed by atoms with Crippen LogP contribution in [-0.4, -0.2) is 30.2 Å². The molecule has 1 aromatic heterocycles. The molecule has 1 unspecified atom stereocenters. The highest BCUT2D eigenvalue weighted by Gasteiger charge is 2.22. The lowest BCUT2D eigenvalue weighted by molar-refractivity contribution is 0.605. The summed E-state index contributed by atoms with van der Waals surface area (Å²) in [5, 5.41) is 4.22. The van der Waals surface area contributed by atoms with Crippen molar-refractivity contribution >= 4 is 31.6 Å². The van der Waals surface area contributed by atoms with E-state index in [1.54, 1.807) is 12.3 Å². The monoisotopic (exact) mass is 289 g/mol. The van der Waals surface area contributed by atoms with Gasteiger partial charge in [-0.2, -0.15) is 0 Å². The van der Waals surface area contributed by atoms with E-state index in [1.807, 2.05) is 0 Å². The maximum atomic E-state index is 11.1. The first-order chi connectivity index (χ1) is 7.07. The molecule has 0 aromatic carbocycles. The summed E-state index contributed by atoms with van der Waals surface area (Å²) < 4.78 is 23.0. The molecule has 0 spiro atoms. The molecule has 15 heavy (non-hydrogen) atoms. The van der Waals surface area contributed by atoms with Gasteiger partial charge in [0, 0.05) is 11.6 Å². The second kappa shape index (κ2) is 3.90. The molecule has 1 aromatic rings. The molecule has 0 saturated carbocycles. The van der Waals surface area contributed by atoms with Crippen molar-refractivity contribution in [1.82, 2.24) is 9.97 Å². The van der Waals surface area contributed by atoms with Gasteiger partial charge < -0.3 is 5.32 Å². The Morgan fingerprint density at radius 1 is 1.53 bits per heavy atom. The summed E-state index contributed by atoms with van der Waals surface area (Å²) in [6.07, 6.45) is 4.62. The third-order valence-corrected chi connectivity index (χ3v) is 3.90. The average molecular weight is 290 g/mol. The molecule has 0 radical (unpaired) electrons. The number of nitrogens with zero attached hydrogens (tertiary/aromatic N) is 2. The Balaban J connectivity index is 2.12. The van der Waals surface area contributed by atoms with Crippen LogP contribution in [0.5, 0.6) is 0 Å². The van der Waals surface area contributed by atoms with E-state index in [1.165, 1.54) is 11.7 Å². The summed E-state index contributed by atoms with van der Waals surface area (Å²) in [5.41, 5.74) is 0. The molecule has 80 valence electrons. The summed E-state index contributed by atoms with van der Waals surface area (Å²) in [6.45, 7) is 0. The van der Waals surface area contributed by atoms with Crippen molar-refractivity contribution in [2.75, 3.05) is 11.1 Å². The minimum atomic E-state index is -3.03. The third-order valence-electron chi connectivity index (χ3n) is 1.92. The van der Waals surface area contributed by atoms with Crippen molar-refractivity contribution in [2.45, 2.75) is 6.04 Å². The maximum absolute atomic E-state index is 11.1. The van der Waals surface area contributed by atoms with Gasteiger partial charge in [-0.3, -0.25) is 0 Å². The number of nitrogens with one attached hydrogen (secondary N) is 1. The zero-order valence-corrected chi connectivity index (χ0v) is 9.99. The average Bonchev–Trinajstić information content (AvgIpc) is 2.50. The van der Waals surface area contributed by atoms with Crippen molar-refractivity contribution < 1.29 is 8.42 Å². The zero-order chi connectivity index (χ0) is 10.9. The minimum absolute atomic E-state index is 0.0729. The Hall–Kier alpha value is -0.950.